The standard InChI is InChI=1S/C15H13ClN2O2/c16-14-6-1-3-10(17-14)9-18-12-4-2-5-13(19)11(12)7-8-15(18)20/h1,3,6-8H,2,4-5,9H2. The monoisotopic (exact) mass is 288 g/mol. The smallest absolute Gasteiger partial charge is 0.251 e. The Hall–Kier alpha value is -1.94. The van der Waals surface area contributed by atoms with E-state index in [1.54, 1.807) is 22.8 Å². The molecule has 102 valence electrons. The van der Waals surface area contributed by atoms with Gasteiger partial charge in [-0.25, -0.2) is 4.98 Å². The van der Waals surface area contributed by atoms with E-state index in [1.165, 1.54) is 6.07 Å². The fraction of sp³-hybridized carbons (Fsp3) is 0.267. The summed E-state index contributed by atoms with van der Waals surface area (Å²) in [6, 6.07) is 8.41. The summed E-state index contributed by atoms with van der Waals surface area (Å²) in [5.41, 5.74) is 2.08. The molecule has 0 fully saturated rings. The summed E-state index contributed by atoms with van der Waals surface area (Å²) in [7, 11) is 0. The highest BCUT2D eigenvalue weighted by Gasteiger charge is 2.20. The van der Waals surface area contributed by atoms with Crippen LogP contribution in [0.5, 0.6) is 0 Å². The van der Waals surface area contributed by atoms with E-state index in [-0.39, 0.29) is 11.3 Å². The Balaban J connectivity index is 2.07. The number of fused-ring (bicyclic) bond motifs is 1. The van der Waals surface area contributed by atoms with Gasteiger partial charge in [0.15, 0.2) is 5.78 Å². The first kappa shape index (κ1) is 13.1. The number of hydrogen-bond donors (Lipinski definition) is 0. The minimum absolute atomic E-state index is 0.110. The van der Waals surface area contributed by atoms with Crippen LogP contribution in [0.25, 0.3) is 0 Å². The first-order valence-corrected chi connectivity index (χ1v) is 6.90. The summed E-state index contributed by atoms with van der Waals surface area (Å²) in [4.78, 5) is 28.2. The maximum absolute atomic E-state index is 12.1. The highest BCUT2D eigenvalue weighted by Crippen LogP contribution is 2.20. The molecular weight excluding hydrogens is 276 g/mol. The largest absolute Gasteiger partial charge is 0.306 e. The molecule has 2 aromatic rings. The summed E-state index contributed by atoms with van der Waals surface area (Å²) < 4.78 is 1.63. The molecule has 0 atom stereocenters. The second-order valence-corrected chi connectivity index (χ2v) is 5.23. The lowest BCUT2D eigenvalue weighted by Crippen LogP contribution is -2.28. The van der Waals surface area contributed by atoms with Crippen molar-refractivity contribution in [3.63, 3.8) is 0 Å². The van der Waals surface area contributed by atoms with E-state index < -0.39 is 0 Å². The van der Waals surface area contributed by atoms with Gasteiger partial charge in [0.25, 0.3) is 5.56 Å². The van der Waals surface area contributed by atoms with E-state index in [9.17, 15) is 9.59 Å². The number of rotatable bonds is 2. The first-order chi connectivity index (χ1) is 9.65. The average Bonchev–Trinajstić information content (AvgIpc) is 2.42. The molecule has 0 bridgehead atoms. The second-order valence-electron chi connectivity index (χ2n) is 4.85. The molecule has 0 amide bonds. The van der Waals surface area contributed by atoms with Gasteiger partial charge < -0.3 is 4.57 Å². The third-order valence-corrected chi connectivity index (χ3v) is 3.72. The Morgan fingerprint density at radius 2 is 2.00 bits per heavy atom. The van der Waals surface area contributed by atoms with Crippen LogP contribution in [0.15, 0.2) is 35.1 Å². The third kappa shape index (κ3) is 2.39. The van der Waals surface area contributed by atoms with Crippen molar-refractivity contribution in [2.45, 2.75) is 25.8 Å². The first-order valence-electron chi connectivity index (χ1n) is 6.52. The number of hydrogen-bond acceptors (Lipinski definition) is 3. The summed E-state index contributed by atoms with van der Waals surface area (Å²) in [5, 5.41) is 0.399. The Kier molecular flexibility index (Phi) is 3.40. The van der Waals surface area contributed by atoms with Crippen molar-refractivity contribution in [2.24, 2.45) is 0 Å². The minimum atomic E-state index is -0.111. The molecule has 4 nitrogen and oxygen atoms in total. The molecule has 0 saturated carbocycles. The van der Waals surface area contributed by atoms with Crippen molar-refractivity contribution < 1.29 is 4.79 Å². The number of carbonyl (C=O) groups is 1. The number of nitrogens with zero attached hydrogens (tertiary/aromatic N) is 2. The van der Waals surface area contributed by atoms with Crippen LogP contribution in [0.3, 0.4) is 0 Å². The maximum Gasteiger partial charge on any atom is 0.251 e. The van der Waals surface area contributed by atoms with Gasteiger partial charge in [-0.3, -0.25) is 9.59 Å². The zero-order chi connectivity index (χ0) is 14.1. The average molecular weight is 289 g/mol. The van der Waals surface area contributed by atoms with E-state index in [4.69, 9.17) is 11.6 Å². The van der Waals surface area contributed by atoms with Crippen molar-refractivity contribution in [1.82, 2.24) is 9.55 Å². The molecule has 0 saturated heterocycles. The quantitative estimate of drug-likeness (QED) is 0.798. The Morgan fingerprint density at radius 3 is 2.80 bits per heavy atom. The topological polar surface area (TPSA) is 52.0 Å². The number of carbonyl (C=O) groups excluding carboxylic acids is 1. The van der Waals surface area contributed by atoms with Gasteiger partial charge in [-0.15, -0.1) is 0 Å². The molecule has 0 aromatic carbocycles. The maximum atomic E-state index is 12.1. The van der Waals surface area contributed by atoms with E-state index in [0.717, 1.165) is 18.5 Å². The van der Waals surface area contributed by atoms with Gasteiger partial charge in [-0.2, -0.15) is 0 Å². The van der Waals surface area contributed by atoms with Gasteiger partial charge in [-0.1, -0.05) is 17.7 Å². The van der Waals surface area contributed by atoms with Crippen molar-refractivity contribution in [3.8, 4) is 0 Å². The number of Topliss-reactive ketones (excluding diaryl/α,β-unsaturated/α-hetero) is 1. The highest BCUT2D eigenvalue weighted by molar-refractivity contribution is 6.29. The van der Waals surface area contributed by atoms with Gasteiger partial charge in [0.1, 0.15) is 5.15 Å². The van der Waals surface area contributed by atoms with Crippen molar-refractivity contribution in [3.05, 3.63) is 62.8 Å². The van der Waals surface area contributed by atoms with Crippen LogP contribution in [0.4, 0.5) is 0 Å². The van der Waals surface area contributed by atoms with Gasteiger partial charge >= 0.3 is 0 Å². The zero-order valence-corrected chi connectivity index (χ0v) is 11.6. The molecule has 5 heteroatoms. The molecule has 1 aliphatic rings. The van der Waals surface area contributed by atoms with E-state index >= 15 is 0 Å². The fourth-order valence-corrected chi connectivity index (χ4v) is 2.75. The zero-order valence-electron chi connectivity index (χ0n) is 10.8. The summed E-state index contributed by atoms with van der Waals surface area (Å²) in [6.45, 7) is 0.343. The number of ketones is 1. The van der Waals surface area contributed by atoms with E-state index in [0.29, 0.717) is 29.4 Å². The number of halogens is 1. The molecule has 3 rings (SSSR count). The lowest BCUT2D eigenvalue weighted by molar-refractivity contribution is 0.0970. The molecule has 2 heterocycles. The Morgan fingerprint density at radius 1 is 1.15 bits per heavy atom. The molecule has 20 heavy (non-hydrogen) atoms. The van der Waals surface area contributed by atoms with Crippen LogP contribution >= 0.6 is 11.6 Å². The Labute approximate surface area is 121 Å². The predicted molar refractivity (Wildman–Crippen MR) is 76.3 cm³/mol. The molecule has 0 aliphatic heterocycles. The van der Waals surface area contributed by atoms with Crippen molar-refractivity contribution >= 4 is 17.4 Å². The molecule has 0 radical (unpaired) electrons. The third-order valence-electron chi connectivity index (χ3n) is 3.51. The van der Waals surface area contributed by atoms with Crippen molar-refractivity contribution in [1.29, 1.82) is 0 Å². The van der Waals surface area contributed by atoms with Crippen LogP contribution in [0, 0.1) is 0 Å². The molecule has 0 N–H and O–H groups in total. The van der Waals surface area contributed by atoms with Crippen LogP contribution in [-0.2, 0) is 13.0 Å². The van der Waals surface area contributed by atoms with E-state index in [2.05, 4.69) is 4.98 Å². The molecule has 1 aliphatic carbocycles. The van der Waals surface area contributed by atoms with Gasteiger partial charge in [0.2, 0.25) is 0 Å². The molecule has 0 spiro atoms. The highest BCUT2D eigenvalue weighted by atomic mass is 35.5. The van der Waals surface area contributed by atoms with Gasteiger partial charge in [0, 0.05) is 23.7 Å². The van der Waals surface area contributed by atoms with Gasteiger partial charge in [-0.05, 0) is 31.0 Å². The van der Waals surface area contributed by atoms with Gasteiger partial charge in [0.05, 0.1) is 12.2 Å². The van der Waals surface area contributed by atoms with Crippen LogP contribution in [0.2, 0.25) is 5.15 Å². The lowest BCUT2D eigenvalue weighted by Gasteiger charge is -2.19. The molecule has 0 unspecified atom stereocenters. The fourth-order valence-electron chi connectivity index (χ4n) is 2.57. The number of pyridine rings is 2. The van der Waals surface area contributed by atoms with Crippen LogP contribution in [0.1, 0.15) is 34.6 Å². The normalized spacial score (nSPS) is 14.2. The summed E-state index contributed by atoms with van der Waals surface area (Å²) in [5.74, 6) is 0.110. The predicted octanol–water partition coefficient (Wildman–Crippen LogP) is 2.46. The van der Waals surface area contributed by atoms with E-state index in [1.807, 2.05) is 6.07 Å². The SMILES string of the molecule is O=C1CCCc2c1ccc(=O)n2Cc1cccc(Cl)n1. The molecular formula is C15H13ClN2O2. The molecule has 2 aromatic heterocycles. The lowest BCUT2D eigenvalue weighted by atomic mass is 9.94. The van der Waals surface area contributed by atoms with Crippen molar-refractivity contribution in [2.75, 3.05) is 0 Å². The second kappa shape index (κ2) is 5.21. The van der Waals surface area contributed by atoms with Crippen LogP contribution < -0.4 is 5.56 Å². The Bertz CT molecular complexity index is 737. The van der Waals surface area contributed by atoms with Crippen LogP contribution in [-0.4, -0.2) is 15.3 Å². The number of aromatic nitrogens is 2. The summed E-state index contributed by atoms with van der Waals surface area (Å²) in [6.07, 6.45) is 2.09. The minimum Gasteiger partial charge on any atom is -0.306 e. The summed E-state index contributed by atoms with van der Waals surface area (Å²) >= 11 is 5.86.